The van der Waals surface area contributed by atoms with Crippen LogP contribution in [0.4, 0.5) is 0 Å². The second-order valence-electron chi connectivity index (χ2n) is 26.3. The number of unbranched alkanes of at least 4 members (excludes halogenated alkanes) is 24. The standard InChI is InChI=1S/C78H108N8O9S4/c1-6-11-15-19-23-27-31-35-67-79-83-71(96-67)59-39-47-63(48-40-59)92-77(10-5,93-64-49-41-60(42-50-64)72-84-80-68(97-72)36-32-28-24-20-16-12-7-2)78(75(90)91-58-76(55-87,56-88)57-89,94-65-51-43-61(44-52-65)73-85-81-69(98-73)37-33-29-25-21-17-13-8-3)95-66-53-45-62(46-54-66)74-86-82-70(99-74)38-34-30-26-22-18-14-9-4/h39-54,87-89H,6-38,55-58H2,1-5H3. The third kappa shape index (κ3) is 24.2. The van der Waals surface area contributed by atoms with Crippen LogP contribution in [0.1, 0.15) is 241 Å². The maximum atomic E-state index is 16.2. The molecule has 0 bridgehead atoms. The van der Waals surface area contributed by atoms with Crippen molar-refractivity contribution in [3.05, 3.63) is 117 Å². The van der Waals surface area contributed by atoms with Gasteiger partial charge in [-0.25, -0.2) is 4.79 Å². The molecule has 4 heterocycles. The molecule has 0 aliphatic rings. The zero-order chi connectivity index (χ0) is 69.8. The van der Waals surface area contributed by atoms with Crippen LogP contribution in [0.15, 0.2) is 97.1 Å². The molecule has 4 aromatic heterocycles. The van der Waals surface area contributed by atoms with Crippen LogP contribution in [0.3, 0.4) is 0 Å². The molecule has 0 fully saturated rings. The normalized spacial score (nSPS) is 12.0. The first-order chi connectivity index (χ1) is 48.5. The Hall–Kier alpha value is -6.33. The molecule has 538 valence electrons. The molecule has 8 aromatic rings. The summed E-state index contributed by atoms with van der Waals surface area (Å²) in [7, 11) is 0. The second kappa shape index (κ2) is 42.8. The monoisotopic (exact) mass is 1430 g/mol. The zero-order valence-corrected chi connectivity index (χ0v) is 62.7. The van der Waals surface area contributed by atoms with E-state index < -0.39 is 49.4 Å². The van der Waals surface area contributed by atoms with Gasteiger partial charge in [-0.2, -0.15) is 0 Å². The Balaban J connectivity index is 1.19. The number of carbonyl (C=O) groups excluding carboxylic acids is 1. The van der Waals surface area contributed by atoms with Gasteiger partial charge in [0.1, 0.15) is 69.7 Å². The summed E-state index contributed by atoms with van der Waals surface area (Å²) in [5.41, 5.74) is 1.53. The molecule has 0 amide bonds. The summed E-state index contributed by atoms with van der Waals surface area (Å²) >= 11 is 6.22. The second-order valence-corrected chi connectivity index (χ2v) is 30.5. The Morgan fingerprint density at radius 2 is 0.576 bits per heavy atom. The molecule has 0 spiro atoms. The fraction of sp³-hybridized carbons (Fsp3) is 0.577. The van der Waals surface area contributed by atoms with Gasteiger partial charge in [0.15, 0.2) is 0 Å². The van der Waals surface area contributed by atoms with Crippen molar-refractivity contribution < 1.29 is 43.8 Å². The first kappa shape index (κ1) is 78.4. The zero-order valence-electron chi connectivity index (χ0n) is 59.4. The van der Waals surface area contributed by atoms with Crippen LogP contribution in [-0.2, 0) is 35.2 Å². The Kier molecular flexibility index (Phi) is 33.9. The van der Waals surface area contributed by atoms with Crippen LogP contribution in [0.2, 0.25) is 0 Å². The highest BCUT2D eigenvalue weighted by Crippen LogP contribution is 2.44. The van der Waals surface area contributed by atoms with E-state index >= 15 is 4.79 Å². The van der Waals surface area contributed by atoms with Gasteiger partial charge in [-0.05, 0) is 123 Å². The number of aliphatic hydroxyl groups excluding tert-OH is 3. The number of rotatable bonds is 52. The van der Waals surface area contributed by atoms with E-state index in [2.05, 4.69) is 68.5 Å². The minimum Gasteiger partial charge on any atom is -0.459 e. The van der Waals surface area contributed by atoms with E-state index in [4.69, 9.17) is 23.7 Å². The van der Waals surface area contributed by atoms with Gasteiger partial charge >= 0.3 is 17.5 Å². The van der Waals surface area contributed by atoms with Crippen LogP contribution in [0.25, 0.3) is 42.3 Å². The molecule has 99 heavy (non-hydrogen) atoms. The summed E-state index contributed by atoms with van der Waals surface area (Å²) < 4.78 is 35.3. The van der Waals surface area contributed by atoms with E-state index in [0.717, 1.165) is 139 Å². The first-order valence-corrected chi connectivity index (χ1v) is 40.3. The molecule has 8 rings (SSSR count). The highest BCUT2D eigenvalue weighted by Gasteiger charge is 2.69. The minimum atomic E-state index is -2.78. The van der Waals surface area contributed by atoms with Crippen molar-refractivity contribution in [2.75, 3.05) is 26.4 Å². The van der Waals surface area contributed by atoms with Crippen molar-refractivity contribution in [2.24, 2.45) is 5.41 Å². The molecule has 0 saturated heterocycles. The van der Waals surface area contributed by atoms with Crippen LogP contribution in [0, 0.1) is 5.41 Å². The van der Waals surface area contributed by atoms with Gasteiger partial charge in [-0.3, -0.25) is 0 Å². The minimum absolute atomic E-state index is 0.137. The molecule has 0 unspecified atom stereocenters. The lowest BCUT2D eigenvalue weighted by Crippen LogP contribution is -2.72. The Bertz CT molecular complexity index is 3290. The molecule has 17 nitrogen and oxygen atoms in total. The molecule has 0 aliphatic heterocycles. The Labute approximate surface area is 604 Å². The molecule has 3 N–H and O–H groups in total. The first-order valence-electron chi connectivity index (χ1n) is 37.0. The van der Waals surface area contributed by atoms with E-state index in [1.165, 1.54) is 128 Å². The number of hydrogen-bond donors (Lipinski definition) is 3. The fourth-order valence-electron chi connectivity index (χ4n) is 11.7. The number of aryl methyl sites for hydroxylation is 4. The van der Waals surface area contributed by atoms with Gasteiger partial charge in [0.25, 0.3) is 0 Å². The number of ether oxygens (including phenoxy) is 5. The SMILES string of the molecule is CCCCCCCCCc1nnc(-c2ccc(OC(CC)(Oc3ccc(-c4nnc(CCCCCCCCC)s4)cc3)C(Oc3ccc(-c4nnc(CCCCCCCCC)s4)cc3)(Oc3ccc(-c4nnc(CCCCCCCCC)s4)cc3)C(=O)OCC(CO)(CO)CO)cc2)s1. The summed E-state index contributed by atoms with van der Waals surface area (Å²) in [4.78, 5) is 16.2. The fourth-order valence-corrected chi connectivity index (χ4v) is 15.3. The van der Waals surface area contributed by atoms with Crippen LogP contribution in [0.5, 0.6) is 23.0 Å². The molecular formula is C78H108N8O9S4. The van der Waals surface area contributed by atoms with Crippen LogP contribution in [-0.4, -0.2) is 100 Å². The van der Waals surface area contributed by atoms with E-state index in [9.17, 15) is 15.3 Å². The molecule has 0 atom stereocenters. The summed E-state index contributed by atoms with van der Waals surface area (Å²) in [6, 6.07) is 29.0. The summed E-state index contributed by atoms with van der Waals surface area (Å²) in [5.74, 6) is -5.41. The van der Waals surface area contributed by atoms with Crippen molar-refractivity contribution in [3.63, 3.8) is 0 Å². The topological polar surface area (TPSA) is 227 Å². The Morgan fingerprint density at radius 3 is 0.818 bits per heavy atom. The Morgan fingerprint density at radius 1 is 0.333 bits per heavy atom. The van der Waals surface area contributed by atoms with Crippen molar-refractivity contribution in [1.82, 2.24) is 40.8 Å². The molecular weight excluding hydrogens is 1320 g/mol. The smallest absolute Gasteiger partial charge is 0.431 e. The number of benzene rings is 4. The number of nitrogens with zero attached hydrogens (tertiary/aromatic N) is 8. The average molecular weight is 1430 g/mol. The summed E-state index contributed by atoms with van der Waals surface area (Å²) in [5, 5.41) is 75.7. The third-order valence-electron chi connectivity index (χ3n) is 18.1. The third-order valence-corrected chi connectivity index (χ3v) is 22.2. The highest BCUT2D eigenvalue weighted by atomic mass is 32.1. The van der Waals surface area contributed by atoms with Crippen molar-refractivity contribution in [2.45, 2.75) is 258 Å². The number of esters is 1. The molecule has 4 aromatic carbocycles. The number of hydrogen-bond acceptors (Lipinski definition) is 21. The van der Waals surface area contributed by atoms with Gasteiger partial charge in [0, 0.05) is 54.4 Å². The maximum absolute atomic E-state index is 16.2. The predicted octanol–water partition coefficient (Wildman–Crippen LogP) is 19.9. The number of carbonyl (C=O) groups is 1. The average Bonchev–Trinajstić information content (AvgIpc) is 1.23. The van der Waals surface area contributed by atoms with Crippen LogP contribution < -0.4 is 18.9 Å². The summed E-state index contributed by atoms with van der Waals surface area (Å²) in [6.45, 7) is 7.91. The van der Waals surface area contributed by atoms with Crippen molar-refractivity contribution in [3.8, 4) is 65.3 Å². The molecule has 0 aliphatic carbocycles. The van der Waals surface area contributed by atoms with Crippen LogP contribution >= 0.6 is 45.3 Å². The van der Waals surface area contributed by atoms with Gasteiger partial charge in [-0.15, -0.1) is 40.8 Å². The van der Waals surface area contributed by atoms with Crippen molar-refractivity contribution in [1.29, 1.82) is 0 Å². The quantitative estimate of drug-likeness (QED) is 0.0183. The predicted molar refractivity (Wildman–Crippen MR) is 401 cm³/mol. The lowest BCUT2D eigenvalue weighted by atomic mass is 9.92. The van der Waals surface area contributed by atoms with E-state index in [1.807, 2.05) is 48.5 Å². The highest BCUT2D eigenvalue weighted by molar-refractivity contribution is 7.15. The van der Waals surface area contributed by atoms with E-state index in [1.54, 1.807) is 101 Å². The van der Waals surface area contributed by atoms with Gasteiger partial charge in [-0.1, -0.05) is 234 Å². The molecule has 21 heteroatoms. The van der Waals surface area contributed by atoms with Gasteiger partial charge in [0.05, 0.1) is 25.2 Å². The molecule has 0 radical (unpaired) electrons. The maximum Gasteiger partial charge on any atom is 0.431 e. The number of aromatic nitrogens is 8. The summed E-state index contributed by atoms with van der Waals surface area (Å²) in [6.07, 6.45) is 36.9. The number of aliphatic hydroxyl groups is 3. The van der Waals surface area contributed by atoms with E-state index in [-0.39, 0.29) is 29.4 Å². The van der Waals surface area contributed by atoms with Gasteiger partial charge < -0.3 is 39.0 Å². The largest absolute Gasteiger partial charge is 0.459 e. The lowest BCUT2D eigenvalue weighted by Gasteiger charge is -2.45. The molecule has 0 saturated carbocycles. The van der Waals surface area contributed by atoms with Gasteiger partial charge in [0.2, 0.25) is 0 Å². The lowest BCUT2D eigenvalue weighted by molar-refractivity contribution is -0.302. The van der Waals surface area contributed by atoms with E-state index in [0.29, 0.717) is 0 Å². The van der Waals surface area contributed by atoms with Crippen molar-refractivity contribution >= 4 is 51.3 Å².